The summed E-state index contributed by atoms with van der Waals surface area (Å²) in [5.74, 6) is -6.64. The number of aliphatic carboxylic acids is 2. The van der Waals surface area contributed by atoms with E-state index in [1.165, 1.54) is 21.3 Å². The molecule has 5 N–H and O–H groups in total. The van der Waals surface area contributed by atoms with Gasteiger partial charge in [-0.15, -0.1) is 0 Å². The van der Waals surface area contributed by atoms with Crippen LogP contribution >= 0.6 is 0 Å². The number of phenols is 2. The SMILES string of the molecule is Cc1ccc(C(=O)n2c(C)c(CC(=O)NC(C)CC(=O)O)c3cc(O)c(F)cc32)cc1.Cc1ccc(C(=O)n2c(C)c(CC(=O)[AsH]CC(C)C(=O)O)c3cc(O)c(F)cc32)cc1. The van der Waals surface area contributed by atoms with Gasteiger partial charge in [0, 0.05) is 28.8 Å². The molecule has 0 aliphatic carbocycles. The van der Waals surface area contributed by atoms with Crippen molar-refractivity contribution in [1.82, 2.24) is 14.5 Å². The molecule has 0 spiro atoms. The summed E-state index contributed by atoms with van der Waals surface area (Å²) in [6.07, 6.45) is -0.385. The fraction of sp³-hybridized carbons (Fsp3) is 0.261. The predicted molar refractivity (Wildman–Crippen MR) is 229 cm³/mol. The summed E-state index contributed by atoms with van der Waals surface area (Å²) in [4.78, 5) is 73.4. The van der Waals surface area contributed by atoms with E-state index in [2.05, 4.69) is 5.32 Å². The summed E-state index contributed by atoms with van der Waals surface area (Å²) >= 11 is -1.18. The number of carbonyl (C=O) groups excluding carboxylic acids is 4. The Morgan fingerprint density at radius 3 is 1.48 bits per heavy atom. The summed E-state index contributed by atoms with van der Waals surface area (Å²) in [6, 6.07) is 17.9. The van der Waals surface area contributed by atoms with E-state index >= 15 is 0 Å². The second-order valence-corrected chi connectivity index (χ2v) is 18.0. The molecule has 0 saturated heterocycles. The number of phenolic OH excluding ortho intramolecular Hbond substituents is 2. The number of hydrogen-bond acceptors (Lipinski definition) is 8. The molecule has 2 heterocycles. The number of aromatic hydroxyl groups is 2. The van der Waals surface area contributed by atoms with Gasteiger partial charge in [0.25, 0.3) is 5.91 Å². The van der Waals surface area contributed by atoms with Crippen molar-refractivity contribution in [3.8, 4) is 11.5 Å². The molecule has 0 aliphatic rings. The van der Waals surface area contributed by atoms with Crippen molar-refractivity contribution in [2.75, 3.05) is 0 Å². The average Bonchev–Trinajstić information content (AvgIpc) is 3.60. The van der Waals surface area contributed by atoms with Crippen LogP contribution in [0.3, 0.4) is 0 Å². The van der Waals surface area contributed by atoms with Crippen LogP contribution in [-0.4, -0.2) is 85.6 Å². The Hall–Kier alpha value is -6.60. The number of carboxylic acid groups (broad SMARTS) is 2. The number of fused-ring (bicyclic) bond motifs is 2. The zero-order valence-corrected chi connectivity index (χ0v) is 36.9. The van der Waals surface area contributed by atoms with Gasteiger partial charge in [-0.05, 0) is 44.5 Å². The van der Waals surface area contributed by atoms with Gasteiger partial charge in [0.1, 0.15) is 0 Å². The van der Waals surface area contributed by atoms with Crippen molar-refractivity contribution in [3.05, 3.63) is 129 Å². The summed E-state index contributed by atoms with van der Waals surface area (Å²) in [5, 5.41) is 41.4. The standard InChI is InChI=1S/C23H23AsFNO5.C23H23FN2O5/c1-12-4-6-15(7-5-12)22(29)26-14(3)16(9-21(28)24-11-13(2)23(30)31)17-8-20(27)18(25)10-19(17)26;1-12-4-6-15(7-5-12)23(31)26-14(3)16(10-21(28)25-13(2)8-22(29)30)17-9-20(27)18(24)11-19(17)26/h4-8,10,13,24,27H,9,11H2,1-3H3,(H,30,31);4-7,9,11,13,27H,8,10H2,1-3H3,(H,25,28)(H,29,30). The van der Waals surface area contributed by atoms with Gasteiger partial charge in [0.05, 0.1) is 18.4 Å². The summed E-state index contributed by atoms with van der Waals surface area (Å²) in [6.45, 7) is 10.3. The van der Waals surface area contributed by atoms with Crippen LogP contribution in [0, 0.1) is 45.2 Å². The zero-order chi connectivity index (χ0) is 45.7. The number of amides is 1. The number of benzene rings is 4. The maximum absolute atomic E-state index is 14.1. The van der Waals surface area contributed by atoms with Crippen LogP contribution in [0.15, 0.2) is 72.8 Å². The number of halogens is 2. The monoisotopic (exact) mass is 913 g/mol. The van der Waals surface area contributed by atoms with Crippen LogP contribution in [-0.2, 0) is 32.0 Å². The molecule has 0 radical (unpaired) electrons. The molecule has 4 aromatic carbocycles. The third-order valence-electron chi connectivity index (χ3n) is 10.4. The van der Waals surface area contributed by atoms with E-state index in [1.54, 1.807) is 76.2 Å². The van der Waals surface area contributed by atoms with Crippen molar-refractivity contribution < 1.29 is 58.0 Å². The Labute approximate surface area is 361 Å². The number of rotatable bonds is 13. The molecule has 0 fully saturated rings. The van der Waals surface area contributed by atoms with Gasteiger partial charge in [0.15, 0.2) is 11.6 Å². The molecule has 6 aromatic rings. The van der Waals surface area contributed by atoms with Gasteiger partial charge in [-0.25, -0.2) is 4.39 Å². The van der Waals surface area contributed by atoms with Crippen LogP contribution in [0.4, 0.5) is 8.78 Å². The quantitative estimate of drug-likeness (QED) is 0.0771. The van der Waals surface area contributed by atoms with E-state index in [0.717, 1.165) is 23.3 Å². The number of aromatic nitrogens is 2. The molecular formula is C46H46AsF2N3O10. The minimum absolute atomic E-state index is 0.00786. The van der Waals surface area contributed by atoms with Gasteiger partial charge in [-0.2, -0.15) is 0 Å². The summed E-state index contributed by atoms with van der Waals surface area (Å²) in [7, 11) is 0. The molecule has 2 aromatic heterocycles. The predicted octanol–water partition coefficient (Wildman–Crippen LogP) is 6.75. The fourth-order valence-electron chi connectivity index (χ4n) is 6.97. The molecule has 3 unspecified atom stereocenters. The van der Waals surface area contributed by atoms with Gasteiger partial charge in [-0.3, -0.25) is 19.0 Å². The van der Waals surface area contributed by atoms with Crippen molar-refractivity contribution in [1.29, 1.82) is 0 Å². The number of aryl methyl sites for hydroxylation is 2. The van der Waals surface area contributed by atoms with Crippen molar-refractivity contribution >= 4 is 71.8 Å². The fourth-order valence-corrected chi connectivity index (χ4v) is 9.09. The first-order valence-electron chi connectivity index (χ1n) is 19.5. The Kier molecular flexibility index (Phi) is 14.5. The van der Waals surface area contributed by atoms with Crippen molar-refractivity contribution in [3.63, 3.8) is 0 Å². The number of hydrogen-bond donors (Lipinski definition) is 5. The normalized spacial score (nSPS) is 12.3. The molecular weight excluding hydrogens is 867 g/mol. The molecule has 3 atom stereocenters. The van der Waals surface area contributed by atoms with Gasteiger partial charge >= 0.3 is 191 Å². The van der Waals surface area contributed by atoms with E-state index in [-0.39, 0.29) is 40.8 Å². The first kappa shape index (κ1) is 46.5. The molecule has 324 valence electrons. The molecule has 0 saturated carbocycles. The van der Waals surface area contributed by atoms with Crippen LogP contribution in [0.2, 0.25) is 5.21 Å². The second-order valence-electron chi connectivity index (χ2n) is 15.2. The zero-order valence-electron chi connectivity index (χ0n) is 34.8. The summed E-state index contributed by atoms with van der Waals surface area (Å²) in [5.41, 5.74) is 5.23. The molecule has 62 heavy (non-hydrogen) atoms. The number of nitrogens with zero attached hydrogens (tertiary/aromatic N) is 2. The third-order valence-corrected chi connectivity index (χ3v) is 13.3. The van der Waals surface area contributed by atoms with Crippen molar-refractivity contribution in [2.24, 2.45) is 5.92 Å². The Morgan fingerprint density at radius 2 is 1.08 bits per heavy atom. The van der Waals surface area contributed by atoms with Gasteiger partial charge in [0.2, 0.25) is 5.91 Å². The molecule has 1 amide bonds. The molecule has 0 aliphatic heterocycles. The molecule has 16 heteroatoms. The van der Waals surface area contributed by atoms with E-state index in [9.17, 15) is 47.8 Å². The minimum atomic E-state index is -1.18. The maximum atomic E-state index is 14.1. The number of carboxylic acids is 2. The molecule has 0 bridgehead atoms. The van der Waals surface area contributed by atoms with E-state index < -0.39 is 74.6 Å². The molecule has 13 nitrogen and oxygen atoms in total. The van der Waals surface area contributed by atoms with Crippen LogP contribution in [0.25, 0.3) is 21.8 Å². The second kappa shape index (κ2) is 19.4. The Morgan fingerprint density at radius 1 is 0.661 bits per heavy atom. The Balaban J connectivity index is 0.000000234. The van der Waals surface area contributed by atoms with Gasteiger partial charge in [-0.1, -0.05) is 17.7 Å². The first-order chi connectivity index (χ1) is 29.2. The molecule has 6 rings (SSSR count). The van der Waals surface area contributed by atoms with Crippen molar-refractivity contribution in [2.45, 2.75) is 72.1 Å². The number of carbonyl (C=O) groups is 6. The van der Waals surface area contributed by atoms with E-state index in [1.807, 2.05) is 13.8 Å². The van der Waals surface area contributed by atoms with Gasteiger partial charge < -0.3 is 15.5 Å². The van der Waals surface area contributed by atoms with Crippen LogP contribution in [0.5, 0.6) is 11.5 Å². The van der Waals surface area contributed by atoms with E-state index in [4.69, 9.17) is 10.2 Å². The first-order valence-corrected chi connectivity index (χ1v) is 22.0. The van der Waals surface area contributed by atoms with Crippen LogP contribution in [0.1, 0.15) is 74.6 Å². The topological polar surface area (TPSA) is 205 Å². The average molecular weight is 914 g/mol. The third kappa shape index (κ3) is 10.5. The number of nitrogens with one attached hydrogen (secondary N) is 1. The van der Waals surface area contributed by atoms with E-state index in [0.29, 0.717) is 49.6 Å². The summed E-state index contributed by atoms with van der Waals surface area (Å²) < 4.78 is 30.9. The Bertz CT molecular complexity index is 2740. The van der Waals surface area contributed by atoms with Crippen LogP contribution < -0.4 is 5.32 Å².